The van der Waals surface area contributed by atoms with E-state index in [0.717, 1.165) is 5.56 Å². The topological polar surface area (TPSA) is 217 Å². The van der Waals surface area contributed by atoms with Crippen LogP contribution in [0.15, 0.2) is 30.3 Å². The molecule has 196 valence electrons. The minimum Gasteiger partial charge on any atom is -0.480 e. The van der Waals surface area contributed by atoms with Gasteiger partial charge in [-0.2, -0.15) is 0 Å². The molecule has 0 saturated heterocycles. The number of aliphatic carboxylic acids is 1. The number of carbonyl (C=O) groups excluding carboxylic acids is 3. The Labute approximate surface area is 204 Å². The van der Waals surface area contributed by atoms with Gasteiger partial charge < -0.3 is 42.7 Å². The first-order valence-electron chi connectivity index (χ1n) is 11.5. The second-order valence-electron chi connectivity index (χ2n) is 8.43. The van der Waals surface area contributed by atoms with Crippen LogP contribution in [0.4, 0.5) is 0 Å². The Balaban J connectivity index is 3.10. The molecular formula is C23H37N5O7. The van der Waals surface area contributed by atoms with Gasteiger partial charge in [0.2, 0.25) is 17.7 Å². The van der Waals surface area contributed by atoms with Crippen molar-refractivity contribution >= 4 is 23.7 Å². The fourth-order valence-corrected chi connectivity index (χ4v) is 3.22. The van der Waals surface area contributed by atoms with Gasteiger partial charge in [-0.3, -0.25) is 14.4 Å². The number of aliphatic hydroxyl groups is 2. The van der Waals surface area contributed by atoms with E-state index in [1.165, 1.54) is 13.8 Å². The zero-order chi connectivity index (χ0) is 26.5. The number of nitrogens with one attached hydrogen (secondary N) is 3. The normalized spacial score (nSPS) is 16.2. The molecule has 0 heterocycles. The first-order chi connectivity index (χ1) is 16.5. The third-order valence-electron chi connectivity index (χ3n) is 5.36. The first kappa shape index (κ1) is 30.0. The number of amides is 3. The smallest absolute Gasteiger partial charge is 0.328 e. The summed E-state index contributed by atoms with van der Waals surface area (Å²) >= 11 is 0. The number of carbonyl (C=O) groups is 4. The van der Waals surface area contributed by atoms with Crippen LogP contribution >= 0.6 is 0 Å². The Kier molecular flexibility index (Phi) is 12.9. The highest BCUT2D eigenvalue weighted by Crippen LogP contribution is 2.08. The molecule has 35 heavy (non-hydrogen) atoms. The van der Waals surface area contributed by atoms with E-state index in [1.54, 1.807) is 30.3 Å². The molecule has 6 atom stereocenters. The number of aliphatic hydroxyl groups excluding tert-OH is 2. The number of nitrogens with two attached hydrogens (primary N) is 2. The van der Waals surface area contributed by atoms with Gasteiger partial charge in [0, 0.05) is 6.42 Å². The van der Waals surface area contributed by atoms with E-state index in [1.807, 2.05) is 0 Å². The Bertz CT molecular complexity index is 835. The lowest BCUT2D eigenvalue weighted by atomic mass is 10.0. The van der Waals surface area contributed by atoms with Crippen LogP contribution in [0, 0.1) is 0 Å². The largest absolute Gasteiger partial charge is 0.480 e. The van der Waals surface area contributed by atoms with Crippen molar-refractivity contribution in [3.8, 4) is 0 Å². The van der Waals surface area contributed by atoms with Crippen molar-refractivity contribution in [1.82, 2.24) is 16.0 Å². The second-order valence-corrected chi connectivity index (χ2v) is 8.43. The fraction of sp³-hybridized carbons (Fsp3) is 0.565. The maximum atomic E-state index is 13.2. The summed E-state index contributed by atoms with van der Waals surface area (Å²) in [6, 6.07) is 3.71. The summed E-state index contributed by atoms with van der Waals surface area (Å²) in [5.41, 5.74) is 11.9. The Morgan fingerprint density at radius 1 is 0.857 bits per heavy atom. The summed E-state index contributed by atoms with van der Waals surface area (Å²) in [5.74, 6) is -3.67. The summed E-state index contributed by atoms with van der Waals surface area (Å²) in [7, 11) is 0. The predicted molar refractivity (Wildman–Crippen MR) is 128 cm³/mol. The molecular weight excluding hydrogens is 458 g/mol. The summed E-state index contributed by atoms with van der Waals surface area (Å²) in [6.07, 6.45) is -1.27. The van der Waals surface area contributed by atoms with E-state index in [-0.39, 0.29) is 12.8 Å². The molecule has 1 aromatic carbocycles. The molecule has 0 aliphatic carbocycles. The van der Waals surface area contributed by atoms with Gasteiger partial charge in [-0.15, -0.1) is 0 Å². The molecule has 6 unspecified atom stereocenters. The van der Waals surface area contributed by atoms with Gasteiger partial charge in [0.25, 0.3) is 0 Å². The van der Waals surface area contributed by atoms with Crippen molar-refractivity contribution in [2.75, 3.05) is 6.54 Å². The van der Waals surface area contributed by atoms with Gasteiger partial charge in [0.15, 0.2) is 6.04 Å². The molecule has 3 amide bonds. The van der Waals surface area contributed by atoms with E-state index in [4.69, 9.17) is 11.5 Å². The van der Waals surface area contributed by atoms with Crippen molar-refractivity contribution in [1.29, 1.82) is 0 Å². The van der Waals surface area contributed by atoms with E-state index >= 15 is 0 Å². The molecule has 1 rings (SSSR count). The van der Waals surface area contributed by atoms with Crippen molar-refractivity contribution in [3.05, 3.63) is 35.9 Å². The van der Waals surface area contributed by atoms with Crippen molar-refractivity contribution < 1.29 is 34.5 Å². The van der Waals surface area contributed by atoms with Gasteiger partial charge in [-0.05, 0) is 45.2 Å². The zero-order valence-corrected chi connectivity index (χ0v) is 20.0. The minimum atomic E-state index is -1.57. The molecule has 0 spiro atoms. The number of hydrogen-bond donors (Lipinski definition) is 8. The lowest BCUT2D eigenvalue weighted by Gasteiger charge is -2.26. The highest BCUT2D eigenvalue weighted by molar-refractivity contribution is 5.94. The van der Waals surface area contributed by atoms with E-state index in [9.17, 15) is 34.5 Å². The predicted octanol–water partition coefficient (Wildman–Crippen LogP) is -2.01. The molecule has 12 heteroatoms. The molecule has 1 aromatic rings. The van der Waals surface area contributed by atoms with Crippen LogP contribution < -0.4 is 27.4 Å². The second kappa shape index (κ2) is 15.0. The third kappa shape index (κ3) is 10.4. The molecule has 12 nitrogen and oxygen atoms in total. The van der Waals surface area contributed by atoms with E-state index < -0.39 is 60.1 Å². The van der Waals surface area contributed by atoms with Crippen LogP contribution in [-0.2, 0) is 25.6 Å². The number of hydrogen-bond acceptors (Lipinski definition) is 8. The standard InChI is InChI=1S/C23H37N5O7/c1-13(29)18(25)22(33)27-17(12-15-8-4-3-5-9-15)21(32)26-16(10-6-7-11-24)20(31)28-19(14(2)30)23(34)35/h3-5,8-9,13-14,16-19,29-30H,6-7,10-12,24-25H2,1-2H3,(H,26,32)(H,27,33)(H,28,31)(H,34,35). The van der Waals surface area contributed by atoms with Crippen LogP contribution in [-0.4, -0.2) is 81.9 Å². The van der Waals surface area contributed by atoms with Gasteiger partial charge >= 0.3 is 5.97 Å². The van der Waals surface area contributed by atoms with Gasteiger partial charge in [0.05, 0.1) is 12.2 Å². The maximum Gasteiger partial charge on any atom is 0.328 e. The average molecular weight is 496 g/mol. The lowest BCUT2D eigenvalue weighted by Crippen LogP contribution is -2.59. The monoisotopic (exact) mass is 495 g/mol. The Hall–Kier alpha value is -3.06. The minimum absolute atomic E-state index is 0.0769. The molecule has 0 saturated carbocycles. The molecule has 10 N–H and O–H groups in total. The van der Waals surface area contributed by atoms with Crippen molar-refractivity contribution in [3.63, 3.8) is 0 Å². The first-order valence-corrected chi connectivity index (χ1v) is 11.5. The molecule has 0 aliphatic rings. The fourth-order valence-electron chi connectivity index (χ4n) is 3.22. The Morgan fingerprint density at radius 3 is 1.94 bits per heavy atom. The zero-order valence-electron chi connectivity index (χ0n) is 20.0. The number of carboxylic acids is 1. The summed E-state index contributed by atoms with van der Waals surface area (Å²) in [4.78, 5) is 49.8. The van der Waals surface area contributed by atoms with Crippen LogP contribution in [0.5, 0.6) is 0 Å². The highest BCUT2D eigenvalue weighted by atomic mass is 16.4. The number of carboxylic acid groups (broad SMARTS) is 1. The van der Waals surface area contributed by atoms with Crippen LogP contribution in [0.2, 0.25) is 0 Å². The third-order valence-corrected chi connectivity index (χ3v) is 5.36. The summed E-state index contributed by atoms with van der Waals surface area (Å²) in [6.45, 7) is 2.92. The summed E-state index contributed by atoms with van der Waals surface area (Å²) in [5, 5.41) is 35.9. The van der Waals surface area contributed by atoms with Crippen LogP contribution in [0.3, 0.4) is 0 Å². The van der Waals surface area contributed by atoms with Gasteiger partial charge in [-0.25, -0.2) is 4.79 Å². The highest BCUT2D eigenvalue weighted by Gasteiger charge is 2.32. The van der Waals surface area contributed by atoms with Crippen LogP contribution in [0.25, 0.3) is 0 Å². The Morgan fingerprint density at radius 2 is 1.43 bits per heavy atom. The molecule has 0 radical (unpaired) electrons. The van der Waals surface area contributed by atoms with E-state index in [0.29, 0.717) is 19.4 Å². The SMILES string of the molecule is CC(O)C(N)C(=O)NC(Cc1ccccc1)C(=O)NC(CCCCN)C(=O)NC(C(=O)O)C(C)O. The quantitative estimate of drug-likeness (QED) is 0.126. The lowest BCUT2D eigenvalue weighted by molar-refractivity contribution is -0.145. The molecule has 0 fully saturated rings. The van der Waals surface area contributed by atoms with Gasteiger partial charge in [0.1, 0.15) is 18.1 Å². The van der Waals surface area contributed by atoms with Gasteiger partial charge in [-0.1, -0.05) is 30.3 Å². The number of unbranched alkanes of at least 4 members (excludes halogenated alkanes) is 1. The molecule has 0 aliphatic heterocycles. The van der Waals surface area contributed by atoms with Crippen molar-refractivity contribution in [2.45, 2.75) is 75.9 Å². The number of benzene rings is 1. The van der Waals surface area contributed by atoms with E-state index in [2.05, 4.69) is 16.0 Å². The average Bonchev–Trinajstić information content (AvgIpc) is 2.80. The molecule has 0 bridgehead atoms. The van der Waals surface area contributed by atoms with Crippen LogP contribution in [0.1, 0.15) is 38.7 Å². The van der Waals surface area contributed by atoms with Crippen molar-refractivity contribution in [2.24, 2.45) is 11.5 Å². The summed E-state index contributed by atoms with van der Waals surface area (Å²) < 4.78 is 0. The molecule has 0 aromatic heterocycles. The number of rotatable bonds is 15. The maximum absolute atomic E-state index is 13.2.